The average molecular weight is 225 g/mol. The second-order valence-electron chi connectivity index (χ2n) is 2.84. The Hall–Kier alpha value is -0.860. The molecule has 1 aliphatic heterocycles. The van der Waals surface area contributed by atoms with Gasteiger partial charge in [-0.2, -0.15) is 12.7 Å². The Balaban J connectivity index is 0.000000364. The number of rotatable bonds is 1. The number of nitrogens with two attached hydrogens (primary N) is 2. The molecule has 1 amide bonds. The lowest BCUT2D eigenvalue weighted by Gasteiger charge is -2.23. The molecule has 0 spiro atoms. The minimum absolute atomic E-state index is 0.596. The molecule has 1 rings (SSSR count). The summed E-state index contributed by atoms with van der Waals surface area (Å²) in [6, 6.07) is 0. The van der Waals surface area contributed by atoms with Crippen molar-refractivity contribution in [3.05, 3.63) is 0 Å². The van der Waals surface area contributed by atoms with Gasteiger partial charge in [-0.3, -0.25) is 0 Å². The Kier molecular flexibility index (Phi) is 5.43. The number of carboxylic acid groups (broad SMARTS) is 1. The van der Waals surface area contributed by atoms with E-state index in [1.807, 2.05) is 0 Å². The maximum atomic E-state index is 10.7. The van der Waals surface area contributed by atoms with Gasteiger partial charge >= 0.3 is 6.09 Å². The zero-order valence-corrected chi connectivity index (χ0v) is 8.53. The van der Waals surface area contributed by atoms with Crippen LogP contribution in [0.25, 0.3) is 0 Å². The summed E-state index contributed by atoms with van der Waals surface area (Å²) < 4.78 is 22.7. The maximum Gasteiger partial charge on any atom is 0.402 e. The molecule has 0 atom stereocenters. The van der Waals surface area contributed by atoms with Gasteiger partial charge in [-0.25, -0.2) is 9.93 Å². The summed E-state index contributed by atoms with van der Waals surface area (Å²) in [5, 5.41) is 12.1. The van der Waals surface area contributed by atoms with Crippen LogP contribution in [0.2, 0.25) is 0 Å². The van der Waals surface area contributed by atoms with Crippen LogP contribution in [0, 0.1) is 0 Å². The lowest BCUT2D eigenvalue weighted by molar-refractivity contribution is 0.205. The quantitative estimate of drug-likeness (QED) is 0.545. The third-order valence-electron chi connectivity index (χ3n) is 1.67. The first-order valence-corrected chi connectivity index (χ1v) is 5.60. The Labute approximate surface area is 82.9 Å². The molecule has 7 nitrogen and oxygen atoms in total. The summed E-state index contributed by atoms with van der Waals surface area (Å²) in [4.78, 5) is 8.78. The summed E-state index contributed by atoms with van der Waals surface area (Å²) in [7, 11) is -3.39. The molecule has 84 valence electrons. The number of carbonyl (C=O) groups is 1. The number of piperidine rings is 1. The van der Waals surface area contributed by atoms with E-state index in [-0.39, 0.29) is 0 Å². The number of nitrogens with zero attached hydrogens (tertiary/aromatic N) is 1. The van der Waals surface area contributed by atoms with E-state index in [1.54, 1.807) is 0 Å². The summed E-state index contributed by atoms with van der Waals surface area (Å²) >= 11 is 0. The monoisotopic (exact) mass is 225 g/mol. The lowest BCUT2D eigenvalue weighted by atomic mass is 10.2. The predicted octanol–water partition coefficient (Wildman–Crippen LogP) is -0.701. The van der Waals surface area contributed by atoms with Crippen LogP contribution < -0.4 is 10.9 Å². The van der Waals surface area contributed by atoms with Crippen LogP contribution >= 0.6 is 0 Å². The largest absolute Gasteiger partial charge is 0.465 e. The molecule has 0 aromatic carbocycles. The zero-order chi connectivity index (χ0) is 11.2. The third kappa shape index (κ3) is 6.63. The third-order valence-corrected chi connectivity index (χ3v) is 2.76. The van der Waals surface area contributed by atoms with Gasteiger partial charge in [0.25, 0.3) is 10.2 Å². The highest BCUT2D eigenvalue weighted by molar-refractivity contribution is 7.86. The molecule has 14 heavy (non-hydrogen) atoms. The van der Waals surface area contributed by atoms with Gasteiger partial charge in [0.15, 0.2) is 0 Å². The molecule has 1 heterocycles. The van der Waals surface area contributed by atoms with Crippen LogP contribution in [0.1, 0.15) is 19.3 Å². The fourth-order valence-electron chi connectivity index (χ4n) is 1.12. The number of hydrogen-bond donors (Lipinski definition) is 3. The van der Waals surface area contributed by atoms with Crippen molar-refractivity contribution in [3.8, 4) is 0 Å². The first-order chi connectivity index (χ1) is 6.34. The molecular weight excluding hydrogens is 210 g/mol. The van der Waals surface area contributed by atoms with Crippen LogP contribution in [0.4, 0.5) is 4.79 Å². The second-order valence-corrected chi connectivity index (χ2v) is 4.39. The minimum Gasteiger partial charge on any atom is -0.465 e. The van der Waals surface area contributed by atoms with Gasteiger partial charge in [0.05, 0.1) is 0 Å². The highest BCUT2D eigenvalue weighted by Crippen LogP contribution is 2.09. The van der Waals surface area contributed by atoms with Crippen LogP contribution in [-0.2, 0) is 10.2 Å². The Morgan fingerprint density at radius 1 is 1.21 bits per heavy atom. The van der Waals surface area contributed by atoms with E-state index < -0.39 is 16.3 Å². The van der Waals surface area contributed by atoms with E-state index in [9.17, 15) is 8.42 Å². The molecule has 1 fully saturated rings. The van der Waals surface area contributed by atoms with Gasteiger partial charge < -0.3 is 10.8 Å². The number of hydrogen-bond acceptors (Lipinski definition) is 3. The molecule has 1 aliphatic rings. The van der Waals surface area contributed by atoms with Crippen molar-refractivity contribution in [2.45, 2.75) is 19.3 Å². The fourth-order valence-corrected chi connectivity index (χ4v) is 1.89. The summed E-state index contributed by atoms with van der Waals surface area (Å²) in [5.41, 5.74) is 4.03. The Bertz CT molecular complexity index is 267. The van der Waals surface area contributed by atoms with Gasteiger partial charge in [0.1, 0.15) is 0 Å². The van der Waals surface area contributed by atoms with Crippen LogP contribution in [0.5, 0.6) is 0 Å². The van der Waals surface area contributed by atoms with Gasteiger partial charge in [0.2, 0.25) is 0 Å². The standard InChI is InChI=1S/C5H12N2O2S.CH3NO2/c6-10(8,9)7-4-2-1-3-5-7;2-1(3)4/h1-5H2,(H2,6,8,9);2H2,(H,3,4). The van der Waals surface area contributed by atoms with E-state index in [2.05, 4.69) is 5.73 Å². The van der Waals surface area contributed by atoms with Crippen molar-refractivity contribution in [1.82, 2.24) is 4.31 Å². The van der Waals surface area contributed by atoms with Crippen molar-refractivity contribution >= 4 is 16.3 Å². The van der Waals surface area contributed by atoms with Crippen LogP contribution in [-0.4, -0.2) is 37.0 Å². The molecule has 0 bridgehead atoms. The highest BCUT2D eigenvalue weighted by Gasteiger charge is 2.18. The summed E-state index contributed by atoms with van der Waals surface area (Å²) in [6.07, 6.45) is 1.67. The van der Waals surface area contributed by atoms with E-state index in [4.69, 9.17) is 15.0 Å². The summed E-state index contributed by atoms with van der Waals surface area (Å²) in [5.74, 6) is 0. The van der Waals surface area contributed by atoms with Gasteiger partial charge in [0, 0.05) is 13.1 Å². The van der Waals surface area contributed by atoms with Gasteiger partial charge in [-0.15, -0.1) is 0 Å². The molecular formula is C6H15N3O4S. The molecule has 5 N–H and O–H groups in total. The molecule has 0 aromatic heterocycles. The molecule has 0 unspecified atom stereocenters. The molecule has 0 aromatic rings. The van der Waals surface area contributed by atoms with Crippen LogP contribution in [0.15, 0.2) is 0 Å². The van der Waals surface area contributed by atoms with E-state index in [1.165, 1.54) is 4.31 Å². The van der Waals surface area contributed by atoms with Crippen molar-refractivity contribution in [3.63, 3.8) is 0 Å². The topological polar surface area (TPSA) is 127 Å². The van der Waals surface area contributed by atoms with E-state index in [0.717, 1.165) is 19.3 Å². The van der Waals surface area contributed by atoms with Gasteiger partial charge in [-0.1, -0.05) is 6.42 Å². The Morgan fingerprint density at radius 3 is 1.79 bits per heavy atom. The first kappa shape index (κ1) is 13.1. The molecule has 0 aliphatic carbocycles. The van der Waals surface area contributed by atoms with Crippen molar-refractivity contribution < 1.29 is 18.3 Å². The second kappa shape index (κ2) is 5.78. The normalized spacial score (nSPS) is 18.1. The number of primary amides is 1. The van der Waals surface area contributed by atoms with Crippen molar-refractivity contribution in [2.75, 3.05) is 13.1 Å². The van der Waals surface area contributed by atoms with Crippen LogP contribution in [0.3, 0.4) is 0 Å². The van der Waals surface area contributed by atoms with Crippen molar-refractivity contribution in [2.24, 2.45) is 10.9 Å². The molecule has 1 saturated heterocycles. The van der Waals surface area contributed by atoms with Gasteiger partial charge in [-0.05, 0) is 12.8 Å². The molecule has 0 radical (unpaired) electrons. The minimum atomic E-state index is -3.39. The van der Waals surface area contributed by atoms with E-state index >= 15 is 0 Å². The molecule has 8 heteroatoms. The average Bonchev–Trinajstić information content (AvgIpc) is 2.03. The fraction of sp³-hybridized carbons (Fsp3) is 0.833. The number of amides is 1. The van der Waals surface area contributed by atoms with Crippen molar-refractivity contribution in [1.29, 1.82) is 0 Å². The van der Waals surface area contributed by atoms with E-state index in [0.29, 0.717) is 13.1 Å². The Morgan fingerprint density at radius 2 is 1.57 bits per heavy atom. The zero-order valence-electron chi connectivity index (χ0n) is 7.72. The predicted molar refractivity (Wildman–Crippen MR) is 50.7 cm³/mol. The first-order valence-electron chi connectivity index (χ1n) is 4.10. The SMILES string of the molecule is NC(=O)O.NS(=O)(=O)N1CCCCC1. The highest BCUT2D eigenvalue weighted by atomic mass is 32.2. The maximum absolute atomic E-state index is 10.7. The summed E-state index contributed by atoms with van der Waals surface area (Å²) in [6.45, 7) is 1.19. The lowest BCUT2D eigenvalue weighted by Crippen LogP contribution is -2.40. The smallest absolute Gasteiger partial charge is 0.402 e. The molecule has 0 saturated carbocycles.